The van der Waals surface area contributed by atoms with Crippen LogP contribution in [0.4, 0.5) is 17.1 Å². The third-order valence-corrected chi connectivity index (χ3v) is 10.5. The molecule has 3 aliphatic heterocycles. The molecule has 0 saturated carbocycles. The number of morpholine rings is 2. The number of aryl methyl sites for hydroxylation is 1. The monoisotopic (exact) mass is 551 g/mol. The zero-order valence-corrected chi connectivity index (χ0v) is 21.1. The number of hydrogen-bond acceptors (Lipinski definition) is 5. The molecule has 0 N–H and O–H groups in total. The highest BCUT2D eigenvalue weighted by Gasteiger charge is 2.21. The number of halogens is 1. The smallest absolute Gasteiger partial charge is 0.0809 e. The summed E-state index contributed by atoms with van der Waals surface area (Å²) in [6, 6.07) is 11.6. The second-order valence-corrected chi connectivity index (χ2v) is 12.3. The lowest BCUT2D eigenvalue weighted by molar-refractivity contribution is 0.122. The normalized spacial score (nSPS) is 20.8. The van der Waals surface area contributed by atoms with E-state index in [4.69, 9.17) is 14.5 Å². The summed E-state index contributed by atoms with van der Waals surface area (Å²) in [5.74, 6) is 0. The predicted octanol–water partition coefficient (Wildman–Crippen LogP) is 4.90. The van der Waals surface area contributed by atoms with Gasteiger partial charge in [0.1, 0.15) is 0 Å². The third kappa shape index (κ3) is 4.51. The van der Waals surface area contributed by atoms with Crippen LogP contribution in [0.25, 0.3) is 0 Å². The van der Waals surface area contributed by atoms with E-state index in [0.29, 0.717) is 0 Å². The Bertz CT molecular complexity index is 1080. The van der Waals surface area contributed by atoms with Gasteiger partial charge >= 0.3 is 0 Å². The summed E-state index contributed by atoms with van der Waals surface area (Å²) in [7, 11) is -0.0249. The first-order chi connectivity index (χ1) is 15.2. The Hall–Kier alpha value is -1.16. The standard InChI is InChI=1S/C24H30IN3O2S/c1-2-3-4-18-15-20(28-9-13-30-14-10-28)17-23-24(18)26-21-6-5-19(16-22(21)31(23)25)27-7-11-29-12-8-27/h5-6,15-17H,2-4,7-14H2,1H3. The van der Waals surface area contributed by atoms with Crippen molar-refractivity contribution >= 4 is 45.9 Å². The average molecular weight is 551 g/mol. The largest absolute Gasteiger partial charge is 0.378 e. The molecule has 0 aliphatic carbocycles. The van der Waals surface area contributed by atoms with Crippen LogP contribution < -0.4 is 15.2 Å². The maximum absolute atomic E-state index is 5.59. The fourth-order valence-electron chi connectivity index (χ4n) is 4.47. The van der Waals surface area contributed by atoms with Crippen LogP contribution in [0.15, 0.2) is 40.2 Å². The zero-order valence-electron chi connectivity index (χ0n) is 18.1. The molecule has 5 rings (SSSR count). The molecule has 166 valence electrons. The van der Waals surface area contributed by atoms with Gasteiger partial charge in [-0.05, 0) is 69.9 Å². The minimum atomic E-state index is -0.0249. The SMILES string of the molecule is CCCCc1cc(N2CCOCC2)cc2c1N=c1ccc(N3CCOCC3)cc1=S2I. The van der Waals surface area contributed by atoms with Gasteiger partial charge in [-0.15, -0.1) is 0 Å². The Balaban J connectivity index is 1.60. The zero-order chi connectivity index (χ0) is 21.2. The molecule has 5 nitrogen and oxygen atoms in total. The molecule has 0 aromatic heterocycles. The number of nitrogens with zero attached hydrogens (tertiary/aromatic N) is 3. The second-order valence-electron chi connectivity index (χ2n) is 8.27. The van der Waals surface area contributed by atoms with Crippen molar-refractivity contribution in [1.82, 2.24) is 0 Å². The van der Waals surface area contributed by atoms with E-state index in [1.165, 1.54) is 44.9 Å². The van der Waals surface area contributed by atoms with Crippen molar-refractivity contribution in [3.05, 3.63) is 45.8 Å². The van der Waals surface area contributed by atoms with E-state index in [9.17, 15) is 0 Å². The summed E-state index contributed by atoms with van der Waals surface area (Å²) in [6.07, 6.45) is 3.49. The minimum Gasteiger partial charge on any atom is -0.378 e. The molecule has 7 heteroatoms. The van der Waals surface area contributed by atoms with E-state index in [1.54, 1.807) is 0 Å². The van der Waals surface area contributed by atoms with Gasteiger partial charge in [0.05, 0.1) is 37.5 Å². The third-order valence-electron chi connectivity index (χ3n) is 6.25. The molecule has 1 unspecified atom stereocenters. The summed E-state index contributed by atoms with van der Waals surface area (Å²) in [5, 5.41) is 1.14. The molecule has 2 aromatic carbocycles. The van der Waals surface area contributed by atoms with E-state index < -0.39 is 0 Å². The van der Waals surface area contributed by atoms with Gasteiger partial charge in [0, 0.05) is 47.0 Å². The number of hydrogen-bond donors (Lipinski definition) is 0. The van der Waals surface area contributed by atoms with E-state index in [1.807, 2.05) is 0 Å². The molecule has 0 amide bonds. The van der Waals surface area contributed by atoms with Gasteiger partial charge < -0.3 is 19.3 Å². The Labute approximate surface area is 198 Å². The molecular weight excluding hydrogens is 521 g/mol. The molecule has 0 spiro atoms. The van der Waals surface area contributed by atoms with Gasteiger partial charge in [0.15, 0.2) is 0 Å². The van der Waals surface area contributed by atoms with E-state index in [0.717, 1.165) is 64.4 Å². The van der Waals surface area contributed by atoms with Crippen LogP contribution in [0.3, 0.4) is 0 Å². The van der Waals surface area contributed by atoms with Crippen molar-refractivity contribution in [3.63, 3.8) is 0 Å². The van der Waals surface area contributed by atoms with Gasteiger partial charge in [0.2, 0.25) is 0 Å². The Morgan fingerprint density at radius 3 is 2.29 bits per heavy atom. The second kappa shape index (κ2) is 9.77. The van der Waals surface area contributed by atoms with Crippen LogP contribution in [0, 0.1) is 4.51 Å². The van der Waals surface area contributed by atoms with Crippen LogP contribution in [-0.2, 0) is 15.9 Å². The number of fused-ring (bicyclic) bond motifs is 2. The predicted molar refractivity (Wildman–Crippen MR) is 137 cm³/mol. The lowest BCUT2D eigenvalue weighted by atomic mass is 10.0. The lowest BCUT2D eigenvalue weighted by Gasteiger charge is -2.31. The van der Waals surface area contributed by atoms with Crippen molar-refractivity contribution in [2.45, 2.75) is 31.1 Å². The fraction of sp³-hybridized carbons (Fsp3) is 0.500. The molecule has 2 fully saturated rings. The number of rotatable bonds is 5. The lowest BCUT2D eigenvalue weighted by Crippen LogP contribution is -2.36. The van der Waals surface area contributed by atoms with E-state index in [-0.39, 0.29) is 7.66 Å². The van der Waals surface area contributed by atoms with Gasteiger partial charge in [0.25, 0.3) is 0 Å². The number of unbranched alkanes of at least 4 members (excludes halogenated alkanes) is 1. The molecule has 2 saturated heterocycles. The maximum atomic E-state index is 5.59. The Morgan fingerprint density at radius 2 is 1.61 bits per heavy atom. The molecule has 2 aromatic rings. The fourth-order valence-corrected chi connectivity index (χ4v) is 7.87. The molecule has 1 atom stereocenters. The average Bonchev–Trinajstić information content (AvgIpc) is 2.84. The maximum Gasteiger partial charge on any atom is 0.0809 e. The highest BCUT2D eigenvalue weighted by atomic mass is 127. The molecule has 3 heterocycles. The summed E-state index contributed by atoms with van der Waals surface area (Å²) < 4.78 is 12.5. The van der Waals surface area contributed by atoms with Gasteiger partial charge in [-0.3, -0.25) is 0 Å². The van der Waals surface area contributed by atoms with Crippen LogP contribution in [0.5, 0.6) is 0 Å². The Morgan fingerprint density at radius 1 is 0.935 bits per heavy atom. The van der Waals surface area contributed by atoms with Crippen LogP contribution in [0.2, 0.25) is 0 Å². The first kappa shape index (κ1) is 21.7. The van der Waals surface area contributed by atoms with Gasteiger partial charge in [-0.25, -0.2) is 4.99 Å². The number of benzene rings is 2. The molecule has 0 radical (unpaired) electrons. The molecule has 3 aliphatic rings. The van der Waals surface area contributed by atoms with Crippen LogP contribution >= 0.6 is 28.9 Å². The summed E-state index contributed by atoms with van der Waals surface area (Å²) in [5.41, 5.74) is 5.25. The van der Waals surface area contributed by atoms with Crippen LogP contribution in [0.1, 0.15) is 25.3 Å². The Kier molecular flexibility index (Phi) is 6.83. The van der Waals surface area contributed by atoms with Gasteiger partial charge in [-0.2, -0.15) is 0 Å². The van der Waals surface area contributed by atoms with Gasteiger partial charge in [-0.1, -0.05) is 21.0 Å². The quantitative estimate of drug-likeness (QED) is 0.392. The summed E-state index contributed by atoms with van der Waals surface area (Å²) in [4.78, 5) is 11.5. The number of ether oxygens (including phenoxy) is 2. The summed E-state index contributed by atoms with van der Waals surface area (Å²) in [6.45, 7) is 9.37. The molecule has 31 heavy (non-hydrogen) atoms. The van der Waals surface area contributed by atoms with E-state index >= 15 is 0 Å². The topological polar surface area (TPSA) is 37.3 Å². The van der Waals surface area contributed by atoms with Crippen molar-refractivity contribution in [2.75, 3.05) is 62.4 Å². The highest BCUT2D eigenvalue weighted by molar-refractivity contribution is 14.2. The van der Waals surface area contributed by atoms with Crippen LogP contribution in [-0.4, -0.2) is 52.6 Å². The van der Waals surface area contributed by atoms with Crippen molar-refractivity contribution in [2.24, 2.45) is 4.99 Å². The number of anilines is 2. The minimum absolute atomic E-state index is 0.0249. The van der Waals surface area contributed by atoms with Crippen molar-refractivity contribution in [1.29, 1.82) is 0 Å². The van der Waals surface area contributed by atoms with Crippen molar-refractivity contribution < 1.29 is 9.47 Å². The van der Waals surface area contributed by atoms with E-state index in [2.05, 4.69) is 68.3 Å². The first-order valence-corrected chi connectivity index (χ1v) is 15.1. The first-order valence-electron chi connectivity index (χ1n) is 11.3. The molecular formula is C24H30IN3O2S. The highest BCUT2D eigenvalue weighted by Crippen LogP contribution is 2.48. The molecule has 0 bridgehead atoms. The summed E-state index contributed by atoms with van der Waals surface area (Å²) >= 11 is 2.65. The van der Waals surface area contributed by atoms with Crippen molar-refractivity contribution in [3.8, 4) is 0 Å².